The predicted octanol–water partition coefficient (Wildman–Crippen LogP) is 7.35. The van der Waals surface area contributed by atoms with Crippen LogP contribution in [0.2, 0.25) is 0 Å². The number of pyridine rings is 1. The smallest absolute Gasteiger partial charge is 0.339 e. The summed E-state index contributed by atoms with van der Waals surface area (Å²) in [7, 11) is -0.429. The lowest BCUT2D eigenvalue weighted by Crippen LogP contribution is -2.37. The lowest BCUT2D eigenvalue weighted by Gasteiger charge is -2.35. The number of carbonyl (C=O) groups excluding carboxylic acids is 1. The molecule has 0 bridgehead atoms. The van der Waals surface area contributed by atoms with E-state index in [9.17, 15) is 13.2 Å². The number of carbonyl (C=O) groups is 1. The summed E-state index contributed by atoms with van der Waals surface area (Å²) in [4.78, 5) is 18.4. The van der Waals surface area contributed by atoms with Gasteiger partial charge in [-0.05, 0) is 81.6 Å². The molecule has 10 nitrogen and oxygen atoms in total. The fraction of sp³-hybridized carbons (Fsp3) is 0.308. The molecule has 0 N–H and O–H groups in total. The van der Waals surface area contributed by atoms with Crippen LogP contribution in [-0.2, 0) is 37.9 Å². The average molecular weight is 692 g/mol. The molecule has 1 aliphatic heterocycles. The van der Waals surface area contributed by atoms with Gasteiger partial charge in [0.15, 0.2) is 6.10 Å². The maximum atomic E-state index is 13.7. The molecule has 4 heterocycles. The van der Waals surface area contributed by atoms with Crippen LogP contribution in [0.25, 0.3) is 55.4 Å². The Morgan fingerprint density at radius 3 is 2.34 bits per heavy atom. The molecule has 1 unspecified atom stereocenters. The number of aromatic nitrogens is 4. The van der Waals surface area contributed by atoms with Crippen molar-refractivity contribution in [2.45, 2.75) is 52.9 Å². The number of esters is 1. The maximum absolute atomic E-state index is 13.7. The number of nitrogens with zero attached hydrogens (tertiary/aromatic N) is 5. The number of fused-ring (bicyclic) bond motifs is 1. The maximum Gasteiger partial charge on any atom is 0.339 e. The Morgan fingerprint density at radius 2 is 1.66 bits per heavy atom. The van der Waals surface area contributed by atoms with Crippen molar-refractivity contribution in [3.63, 3.8) is 0 Å². The van der Waals surface area contributed by atoms with Crippen LogP contribution in [-0.4, -0.2) is 59.2 Å². The van der Waals surface area contributed by atoms with Crippen molar-refractivity contribution in [2.24, 2.45) is 7.05 Å². The van der Waals surface area contributed by atoms with E-state index in [1.54, 1.807) is 6.20 Å². The zero-order valence-corrected chi connectivity index (χ0v) is 30.4. The first-order valence-corrected chi connectivity index (χ1v) is 18.4. The summed E-state index contributed by atoms with van der Waals surface area (Å²) in [6.45, 7) is 10.2. The molecule has 6 aromatic rings. The first kappa shape index (κ1) is 33.5. The van der Waals surface area contributed by atoms with E-state index in [4.69, 9.17) is 14.5 Å². The molecule has 0 amide bonds. The van der Waals surface area contributed by atoms with Crippen molar-refractivity contribution in [3.05, 3.63) is 89.7 Å². The number of ether oxygens (including phenoxy) is 2. The molecule has 7 rings (SSSR count). The monoisotopic (exact) mass is 691 g/mol. The summed E-state index contributed by atoms with van der Waals surface area (Å²) in [5, 5.41) is 6.23. The van der Waals surface area contributed by atoms with Gasteiger partial charge in [-0.25, -0.2) is 13.2 Å². The Morgan fingerprint density at radius 1 is 0.940 bits per heavy atom. The average Bonchev–Trinajstić information content (AvgIpc) is 3.65. The van der Waals surface area contributed by atoms with Crippen LogP contribution >= 0.6 is 0 Å². The second-order valence-corrected chi connectivity index (χ2v) is 15.9. The lowest BCUT2D eigenvalue weighted by atomic mass is 9.87. The van der Waals surface area contributed by atoms with E-state index >= 15 is 0 Å². The normalized spacial score (nSPS) is 14.0. The first-order chi connectivity index (χ1) is 23.7. The van der Waals surface area contributed by atoms with Crippen LogP contribution in [0.1, 0.15) is 43.6 Å². The van der Waals surface area contributed by atoms with Crippen LogP contribution in [0, 0.1) is 13.8 Å². The summed E-state index contributed by atoms with van der Waals surface area (Å²) in [6, 6.07) is 20.5. The molecule has 0 radical (unpaired) electrons. The fourth-order valence-electron chi connectivity index (χ4n) is 7.16. The van der Waals surface area contributed by atoms with Gasteiger partial charge in [0, 0.05) is 52.9 Å². The van der Waals surface area contributed by atoms with E-state index in [2.05, 4.69) is 27.9 Å². The van der Waals surface area contributed by atoms with E-state index in [0.717, 1.165) is 61.0 Å². The number of rotatable bonds is 7. The molecule has 1 aliphatic rings. The predicted molar refractivity (Wildman–Crippen MR) is 198 cm³/mol. The highest BCUT2D eigenvalue weighted by Crippen LogP contribution is 2.50. The Balaban J connectivity index is 1.56. The van der Waals surface area contributed by atoms with Gasteiger partial charge in [-0.1, -0.05) is 35.9 Å². The van der Waals surface area contributed by atoms with Gasteiger partial charge < -0.3 is 14.0 Å². The Bertz CT molecular complexity index is 2420. The van der Waals surface area contributed by atoms with Gasteiger partial charge in [0.2, 0.25) is 10.0 Å². The van der Waals surface area contributed by atoms with Gasteiger partial charge in [-0.15, -0.1) is 0 Å². The number of benzene rings is 3. The fourth-order valence-corrected chi connectivity index (χ4v) is 8.13. The Kier molecular flexibility index (Phi) is 8.11. The minimum atomic E-state index is -3.69. The third-order valence-electron chi connectivity index (χ3n) is 9.38. The summed E-state index contributed by atoms with van der Waals surface area (Å²) < 4.78 is 44.2. The summed E-state index contributed by atoms with van der Waals surface area (Å²) in [5.41, 5.74) is 9.24. The molecule has 258 valence electrons. The minimum Gasteiger partial charge on any atom is -0.467 e. The van der Waals surface area contributed by atoms with E-state index in [1.807, 2.05) is 95.0 Å². The number of anilines is 1. The number of hydrogen-bond donors (Lipinski definition) is 0. The van der Waals surface area contributed by atoms with Gasteiger partial charge in [-0.3, -0.25) is 14.0 Å². The van der Waals surface area contributed by atoms with E-state index in [-0.39, 0.29) is 6.54 Å². The molecule has 0 spiro atoms. The molecule has 3 aromatic heterocycles. The van der Waals surface area contributed by atoms with Crippen molar-refractivity contribution in [1.29, 1.82) is 0 Å². The van der Waals surface area contributed by atoms with Crippen molar-refractivity contribution in [3.8, 4) is 33.6 Å². The van der Waals surface area contributed by atoms with E-state index in [0.29, 0.717) is 23.4 Å². The van der Waals surface area contributed by atoms with Crippen LogP contribution in [0.4, 0.5) is 5.69 Å². The van der Waals surface area contributed by atoms with Gasteiger partial charge in [0.05, 0.1) is 54.1 Å². The molecule has 0 saturated heterocycles. The Labute approximate surface area is 292 Å². The van der Waals surface area contributed by atoms with Crippen LogP contribution < -0.4 is 4.31 Å². The SMILES string of the molecule is COC(=O)C(OC(C)(C)C)c1c(C)c2c3c(cc(-c4ccnc(-c5ccc6c(cnn6C)c5)c4)n3CCN2S(C)(=O)=O)c1-c1ccc(C)cc1. The lowest BCUT2D eigenvalue weighted by molar-refractivity contribution is -0.164. The van der Waals surface area contributed by atoms with Crippen LogP contribution in [0.5, 0.6) is 0 Å². The van der Waals surface area contributed by atoms with Gasteiger partial charge in [0.1, 0.15) is 0 Å². The van der Waals surface area contributed by atoms with Crippen LogP contribution in [0.3, 0.4) is 0 Å². The number of hydrogen-bond acceptors (Lipinski definition) is 7. The summed E-state index contributed by atoms with van der Waals surface area (Å²) >= 11 is 0. The van der Waals surface area contributed by atoms with Crippen molar-refractivity contribution in [2.75, 3.05) is 24.2 Å². The number of aryl methyl sites for hydroxylation is 2. The van der Waals surface area contributed by atoms with Crippen molar-refractivity contribution < 1.29 is 22.7 Å². The van der Waals surface area contributed by atoms with Gasteiger partial charge >= 0.3 is 5.97 Å². The first-order valence-electron chi connectivity index (χ1n) is 16.5. The molecule has 50 heavy (non-hydrogen) atoms. The zero-order chi connectivity index (χ0) is 35.7. The molecule has 0 fully saturated rings. The van der Waals surface area contributed by atoms with E-state index < -0.39 is 27.7 Å². The molecule has 0 saturated carbocycles. The standard InChI is InChI=1S/C39H41N5O5S/c1-23-9-11-25(12-10-23)34-29-21-32(27-15-16-40-30(20-27)26-13-14-31-28(19-26)22-41-42(31)6)43-17-18-44(50(8,46)47)35(36(29)43)24(2)33(34)37(38(45)48-7)49-39(3,4)5/h9-16,19-22,37H,17-18H2,1-8H3. The highest BCUT2D eigenvalue weighted by Gasteiger charge is 2.38. The highest BCUT2D eigenvalue weighted by atomic mass is 32.2. The quantitative estimate of drug-likeness (QED) is 0.161. The highest BCUT2D eigenvalue weighted by molar-refractivity contribution is 7.92. The molecule has 11 heteroatoms. The number of sulfonamides is 1. The second kappa shape index (κ2) is 12.1. The zero-order valence-electron chi connectivity index (χ0n) is 29.6. The third kappa shape index (κ3) is 5.74. The molecule has 3 aromatic carbocycles. The van der Waals surface area contributed by atoms with Crippen LogP contribution in [0.15, 0.2) is 73.1 Å². The molecule has 1 atom stereocenters. The molecular formula is C39H41N5O5S. The minimum absolute atomic E-state index is 0.228. The van der Waals surface area contributed by atoms with Gasteiger partial charge in [0.25, 0.3) is 0 Å². The molecular weight excluding hydrogens is 651 g/mol. The largest absolute Gasteiger partial charge is 0.467 e. The van der Waals surface area contributed by atoms with Crippen molar-refractivity contribution >= 4 is 43.5 Å². The summed E-state index contributed by atoms with van der Waals surface area (Å²) in [6.07, 6.45) is 3.75. The topological polar surface area (TPSA) is 109 Å². The Hall–Kier alpha value is -5.00. The third-order valence-corrected chi connectivity index (χ3v) is 10.5. The summed E-state index contributed by atoms with van der Waals surface area (Å²) in [5.74, 6) is -0.561. The van der Waals surface area contributed by atoms with E-state index in [1.165, 1.54) is 17.7 Å². The van der Waals surface area contributed by atoms with Crippen molar-refractivity contribution in [1.82, 2.24) is 19.3 Å². The van der Waals surface area contributed by atoms with Gasteiger partial charge in [-0.2, -0.15) is 5.10 Å². The number of methoxy groups -OCH3 is 1. The second-order valence-electron chi connectivity index (χ2n) is 14.0. The molecule has 0 aliphatic carbocycles.